The van der Waals surface area contributed by atoms with Gasteiger partial charge < -0.3 is 20.1 Å². The summed E-state index contributed by atoms with van der Waals surface area (Å²) in [5, 5.41) is 8.21. The van der Waals surface area contributed by atoms with Crippen LogP contribution in [0.15, 0.2) is 12.1 Å². The van der Waals surface area contributed by atoms with Gasteiger partial charge in [-0.15, -0.1) is 0 Å². The van der Waals surface area contributed by atoms with E-state index in [0.717, 1.165) is 12.8 Å². The van der Waals surface area contributed by atoms with Gasteiger partial charge in [0.1, 0.15) is 11.5 Å². The molecular formula is C14H18ClN3O4. The van der Waals surface area contributed by atoms with Gasteiger partial charge in [-0.2, -0.15) is 0 Å². The number of carbonyl (C=O) groups is 2. The van der Waals surface area contributed by atoms with E-state index in [-0.39, 0.29) is 12.6 Å². The maximum Gasteiger partial charge on any atom is 0.321 e. The SMILES string of the molecule is COc1cc(NCC(=O)NC(=O)NC2CC2)c(OC)cc1Cl. The van der Waals surface area contributed by atoms with Crippen LogP contribution in [-0.2, 0) is 4.79 Å². The molecule has 0 bridgehead atoms. The van der Waals surface area contributed by atoms with Crippen molar-refractivity contribution in [1.29, 1.82) is 0 Å². The number of amides is 3. The Morgan fingerprint density at radius 2 is 1.91 bits per heavy atom. The fraction of sp³-hybridized carbons (Fsp3) is 0.429. The van der Waals surface area contributed by atoms with Gasteiger partial charge in [0, 0.05) is 18.2 Å². The number of ether oxygens (including phenoxy) is 2. The Labute approximate surface area is 133 Å². The van der Waals surface area contributed by atoms with Gasteiger partial charge in [-0.25, -0.2) is 4.79 Å². The number of hydrogen-bond acceptors (Lipinski definition) is 5. The van der Waals surface area contributed by atoms with Crippen LogP contribution in [0.1, 0.15) is 12.8 Å². The number of anilines is 1. The standard InChI is InChI=1S/C14H18ClN3O4/c1-21-11-6-10(12(22-2)5-9(11)15)16-7-13(19)18-14(20)17-8-3-4-8/h5-6,8,16H,3-4,7H2,1-2H3,(H2,17,18,19,20). The third kappa shape index (κ3) is 4.42. The van der Waals surface area contributed by atoms with Crippen molar-refractivity contribution in [3.05, 3.63) is 17.2 Å². The Bertz CT molecular complexity index is 575. The van der Waals surface area contributed by atoms with Crippen LogP contribution < -0.4 is 25.4 Å². The van der Waals surface area contributed by atoms with Crippen LogP contribution >= 0.6 is 11.6 Å². The second-order valence-electron chi connectivity index (χ2n) is 4.84. The van der Waals surface area contributed by atoms with Crippen LogP contribution in [0, 0.1) is 0 Å². The summed E-state index contributed by atoms with van der Waals surface area (Å²) in [6.07, 6.45) is 1.92. The topological polar surface area (TPSA) is 88.7 Å². The van der Waals surface area contributed by atoms with E-state index in [1.165, 1.54) is 14.2 Å². The summed E-state index contributed by atoms with van der Waals surface area (Å²) in [6, 6.07) is 2.93. The molecule has 0 heterocycles. The van der Waals surface area contributed by atoms with E-state index in [2.05, 4.69) is 16.0 Å². The highest BCUT2D eigenvalue weighted by Gasteiger charge is 2.23. The average molecular weight is 328 g/mol. The molecule has 1 fully saturated rings. The molecule has 8 heteroatoms. The third-order valence-corrected chi connectivity index (χ3v) is 3.37. The van der Waals surface area contributed by atoms with Crippen molar-refractivity contribution in [2.24, 2.45) is 0 Å². The predicted octanol–water partition coefficient (Wildman–Crippen LogP) is 1.76. The fourth-order valence-electron chi connectivity index (χ4n) is 1.79. The Kier molecular flexibility index (Phi) is 5.32. The lowest BCUT2D eigenvalue weighted by Gasteiger charge is -2.13. The van der Waals surface area contributed by atoms with Gasteiger partial charge in [0.25, 0.3) is 0 Å². The number of benzene rings is 1. The molecule has 7 nitrogen and oxygen atoms in total. The van der Waals surface area contributed by atoms with Gasteiger partial charge >= 0.3 is 6.03 Å². The Hall–Kier alpha value is -2.15. The first kappa shape index (κ1) is 16.2. The Balaban J connectivity index is 1.91. The zero-order chi connectivity index (χ0) is 16.1. The van der Waals surface area contributed by atoms with Crippen LogP contribution in [0.4, 0.5) is 10.5 Å². The van der Waals surface area contributed by atoms with Crippen molar-refractivity contribution < 1.29 is 19.1 Å². The number of imide groups is 1. The summed E-state index contributed by atoms with van der Waals surface area (Å²) >= 11 is 6.00. The average Bonchev–Trinajstić information content (AvgIpc) is 3.29. The minimum absolute atomic E-state index is 0.0841. The van der Waals surface area contributed by atoms with Crippen molar-refractivity contribution in [3.8, 4) is 11.5 Å². The quantitative estimate of drug-likeness (QED) is 0.741. The molecule has 1 aromatic carbocycles. The highest BCUT2D eigenvalue weighted by Crippen LogP contribution is 2.35. The van der Waals surface area contributed by atoms with E-state index in [4.69, 9.17) is 21.1 Å². The first-order valence-corrected chi connectivity index (χ1v) is 7.17. The molecule has 0 aromatic heterocycles. The molecule has 1 aliphatic rings. The second kappa shape index (κ2) is 7.22. The first-order chi connectivity index (χ1) is 10.5. The van der Waals surface area contributed by atoms with Gasteiger partial charge in [-0.3, -0.25) is 10.1 Å². The summed E-state index contributed by atoms with van der Waals surface area (Å²) in [7, 11) is 2.98. The molecule has 1 aliphatic carbocycles. The van der Waals surface area contributed by atoms with E-state index in [1.54, 1.807) is 12.1 Å². The summed E-state index contributed by atoms with van der Waals surface area (Å²) in [5.74, 6) is 0.479. The molecule has 0 saturated heterocycles. The minimum Gasteiger partial charge on any atom is -0.495 e. The van der Waals surface area contributed by atoms with Crippen molar-refractivity contribution in [2.75, 3.05) is 26.1 Å². The van der Waals surface area contributed by atoms with Crippen LogP contribution in [0.3, 0.4) is 0 Å². The molecular weight excluding hydrogens is 310 g/mol. The smallest absolute Gasteiger partial charge is 0.321 e. The highest BCUT2D eigenvalue weighted by molar-refractivity contribution is 6.32. The van der Waals surface area contributed by atoms with Gasteiger partial charge in [-0.05, 0) is 12.8 Å². The maximum atomic E-state index is 11.7. The largest absolute Gasteiger partial charge is 0.495 e. The Morgan fingerprint density at radius 1 is 1.23 bits per heavy atom. The number of carbonyl (C=O) groups excluding carboxylic acids is 2. The highest BCUT2D eigenvalue weighted by atomic mass is 35.5. The number of hydrogen-bond donors (Lipinski definition) is 3. The molecule has 3 amide bonds. The van der Waals surface area contributed by atoms with Crippen LogP contribution in [-0.4, -0.2) is 38.7 Å². The molecule has 2 rings (SSSR count). The monoisotopic (exact) mass is 327 g/mol. The summed E-state index contributed by atoms with van der Waals surface area (Å²) < 4.78 is 10.3. The number of nitrogens with one attached hydrogen (secondary N) is 3. The summed E-state index contributed by atoms with van der Waals surface area (Å²) in [5.41, 5.74) is 0.543. The van der Waals surface area contributed by atoms with Crippen LogP contribution in [0.5, 0.6) is 11.5 Å². The van der Waals surface area contributed by atoms with Gasteiger partial charge in [0.05, 0.1) is 31.5 Å². The maximum absolute atomic E-state index is 11.7. The van der Waals surface area contributed by atoms with Crippen molar-refractivity contribution >= 4 is 29.2 Å². The fourth-order valence-corrected chi connectivity index (χ4v) is 2.02. The zero-order valence-corrected chi connectivity index (χ0v) is 13.1. The molecule has 0 atom stereocenters. The number of halogens is 1. The van der Waals surface area contributed by atoms with Crippen LogP contribution in [0.25, 0.3) is 0 Å². The predicted molar refractivity (Wildman–Crippen MR) is 82.7 cm³/mol. The van der Waals surface area contributed by atoms with Crippen LogP contribution in [0.2, 0.25) is 5.02 Å². The second-order valence-corrected chi connectivity index (χ2v) is 5.24. The van der Waals surface area contributed by atoms with Gasteiger partial charge in [0.15, 0.2) is 0 Å². The molecule has 22 heavy (non-hydrogen) atoms. The number of methoxy groups -OCH3 is 2. The van der Waals surface area contributed by atoms with Gasteiger partial charge in [-0.1, -0.05) is 11.6 Å². The van der Waals surface area contributed by atoms with E-state index in [0.29, 0.717) is 22.2 Å². The van der Waals surface area contributed by atoms with E-state index in [9.17, 15) is 9.59 Å². The molecule has 1 aromatic rings. The summed E-state index contributed by atoms with van der Waals surface area (Å²) in [4.78, 5) is 23.2. The lowest BCUT2D eigenvalue weighted by atomic mass is 10.2. The Morgan fingerprint density at radius 3 is 2.50 bits per heavy atom. The molecule has 0 aliphatic heterocycles. The number of urea groups is 1. The van der Waals surface area contributed by atoms with Crippen molar-refractivity contribution in [2.45, 2.75) is 18.9 Å². The lowest BCUT2D eigenvalue weighted by molar-refractivity contribution is -0.118. The molecule has 0 spiro atoms. The molecule has 1 saturated carbocycles. The van der Waals surface area contributed by atoms with Crippen molar-refractivity contribution in [3.63, 3.8) is 0 Å². The van der Waals surface area contributed by atoms with E-state index in [1.807, 2.05) is 0 Å². The lowest BCUT2D eigenvalue weighted by Crippen LogP contribution is -2.42. The molecule has 3 N–H and O–H groups in total. The molecule has 120 valence electrons. The van der Waals surface area contributed by atoms with Gasteiger partial charge in [0.2, 0.25) is 5.91 Å². The molecule has 0 radical (unpaired) electrons. The van der Waals surface area contributed by atoms with E-state index < -0.39 is 11.9 Å². The molecule has 0 unspecified atom stereocenters. The zero-order valence-electron chi connectivity index (χ0n) is 12.4. The third-order valence-electron chi connectivity index (χ3n) is 3.08. The van der Waals surface area contributed by atoms with Crippen molar-refractivity contribution in [1.82, 2.24) is 10.6 Å². The first-order valence-electron chi connectivity index (χ1n) is 6.79. The minimum atomic E-state index is -0.477. The van der Waals surface area contributed by atoms with E-state index >= 15 is 0 Å². The normalized spacial score (nSPS) is 13.2. The number of rotatable bonds is 6. The summed E-state index contributed by atoms with van der Waals surface area (Å²) in [6.45, 7) is -0.0841.